The Hall–Kier alpha value is -3.21. The van der Waals surface area contributed by atoms with Gasteiger partial charge in [0.25, 0.3) is 11.8 Å². The van der Waals surface area contributed by atoms with Gasteiger partial charge in [0.15, 0.2) is 0 Å². The summed E-state index contributed by atoms with van der Waals surface area (Å²) in [7, 11) is 0. The van der Waals surface area contributed by atoms with Crippen molar-refractivity contribution in [3.8, 4) is 0 Å². The van der Waals surface area contributed by atoms with Crippen molar-refractivity contribution in [3.63, 3.8) is 0 Å². The maximum atomic E-state index is 12.2. The molecule has 138 valence electrons. The molecule has 2 aromatic rings. The number of hydrogen-bond donors (Lipinski definition) is 1. The Morgan fingerprint density at radius 2 is 1.93 bits per heavy atom. The van der Waals surface area contributed by atoms with E-state index in [-0.39, 0.29) is 18.6 Å². The smallest absolute Gasteiger partial charge is 0.310 e. The SMILES string of the molecule is C=CCc1ccc(COC(=O)Cc2cccc3c2C(=O)NC3=O)cc1CC. The topological polar surface area (TPSA) is 72.5 Å². The lowest BCUT2D eigenvalue weighted by Gasteiger charge is -2.10. The zero-order valence-corrected chi connectivity index (χ0v) is 15.2. The van der Waals surface area contributed by atoms with E-state index in [1.165, 1.54) is 11.1 Å². The average Bonchev–Trinajstić information content (AvgIpc) is 2.96. The lowest BCUT2D eigenvalue weighted by molar-refractivity contribution is -0.144. The van der Waals surface area contributed by atoms with E-state index in [2.05, 4.69) is 18.8 Å². The first-order valence-electron chi connectivity index (χ1n) is 8.88. The maximum Gasteiger partial charge on any atom is 0.310 e. The van der Waals surface area contributed by atoms with E-state index in [1.54, 1.807) is 18.2 Å². The van der Waals surface area contributed by atoms with E-state index in [9.17, 15) is 14.4 Å². The Labute approximate surface area is 158 Å². The molecule has 0 aromatic heterocycles. The van der Waals surface area contributed by atoms with Gasteiger partial charge in [0.1, 0.15) is 6.61 Å². The fraction of sp³-hybridized carbons (Fsp3) is 0.227. The molecule has 1 aliphatic rings. The predicted octanol–water partition coefficient (Wildman–Crippen LogP) is 3.15. The highest BCUT2D eigenvalue weighted by molar-refractivity contribution is 6.22. The molecule has 1 aliphatic heterocycles. The zero-order chi connectivity index (χ0) is 19.4. The Morgan fingerprint density at radius 3 is 2.67 bits per heavy atom. The lowest BCUT2D eigenvalue weighted by atomic mass is 9.99. The van der Waals surface area contributed by atoms with Gasteiger partial charge in [0, 0.05) is 0 Å². The number of esters is 1. The van der Waals surface area contributed by atoms with E-state index in [0.29, 0.717) is 11.1 Å². The minimum atomic E-state index is -0.469. The first kappa shape index (κ1) is 18.6. The summed E-state index contributed by atoms with van der Waals surface area (Å²) in [6.07, 6.45) is 3.51. The highest BCUT2D eigenvalue weighted by Crippen LogP contribution is 2.21. The number of ether oxygens (including phenoxy) is 1. The Morgan fingerprint density at radius 1 is 1.11 bits per heavy atom. The number of benzene rings is 2. The van der Waals surface area contributed by atoms with E-state index in [0.717, 1.165) is 18.4 Å². The van der Waals surface area contributed by atoms with E-state index < -0.39 is 17.8 Å². The van der Waals surface area contributed by atoms with Gasteiger partial charge in [0.05, 0.1) is 17.5 Å². The molecular weight excluding hydrogens is 342 g/mol. The van der Waals surface area contributed by atoms with Crippen LogP contribution in [0.3, 0.4) is 0 Å². The normalized spacial score (nSPS) is 12.5. The summed E-state index contributed by atoms with van der Waals surface area (Å²) in [6.45, 7) is 6.02. The van der Waals surface area contributed by atoms with Crippen molar-refractivity contribution in [1.29, 1.82) is 0 Å². The molecule has 0 saturated heterocycles. The molecule has 27 heavy (non-hydrogen) atoms. The van der Waals surface area contributed by atoms with Crippen LogP contribution >= 0.6 is 0 Å². The van der Waals surface area contributed by atoms with Gasteiger partial charge in [-0.25, -0.2) is 0 Å². The first-order chi connectivity index (χ1) is 13.0. The van der Waals surface area contributed by atoms with Gasteiger partial charge in [0.2, 0.25) is 0 Å². The van der Waals surface area contributed by atoms with E-state index in [1.807, 2.05) is 24.3 Å². The average molecular weight is 363 g/mol. The Bertz CT molecular complexity index is 930. The molecule has 2 aromatic carbocycles. The van der Waals surface area contributed by atoms with Gasteiger partial charge in [-0.3, -0.25) is 19.7 Å². The molecule has 0 aliphatic carbocycles. The second kappa shape index (κ2) is 7.99. The van der Waals surface area contributed by atoms with Gasteiger partial charge in [-0.05, 0) is 41.2 Å². The largest absolute Gasteiger partial charge is 0.461 e. The third-order valence-electron chi connectivity index (χ3n) is 4.60. The molecule has 1 N–H and O–H groups in total. The van der Waals surface area contributed by atoms with Gasteiger partial charge in [-0.1, -0.05) is 43.3 Å². The minimum absolute atomic E-state index is 0.0565. The van der Waals surface area contributed by atoms with Crippen LogP contribution in [0.1, 0.15) is 49.9 Å². The molecule has 0 atom stereocenters. The monoisotopic (exact) mass is 363 g/mol. The van der Waals surface area contributed by atoms with Crippen LogP contribution in [0, 0.1) is 0 Å². The maximum absolute atomic E-state index is 12.2. The number of rotatable bonds is 7. The van der Waals surface area contributed by atoms with Crippen LogP contribution < -0.4 is 5.32 Å². The summed E-state index contributed by atoms with van der Waals surface area (Å²) < 4.78 is 5.38. The van der Waals surface area contributed by atoms with Crippen molar-refractivity contribution < 1.29 is 19.1 Å². The van der Waals surface area contributed by atoms with Crippen molar-refractivity contribution >= 4 is 17.8 Å². The number of hydrogen-bond acceptors (Lipinski definition) is 4. The van der Waals surface area contributed by atoms with Crippen molar-refractivity contribution in [2.45, 2.75) is 32.8 Å². The first-order valence-corrected chi connectivity index (χ1v) is 8.88. The number of aryl methyl sites for hydroxylation is 1. The zero-order valence-electron chi connectivity index (χ0n) is 15.2. The van der Waals surface area contributed by atoms with Crippen LogP contribution in [-0.4, -0.2) is 17.8 Å². The van der Waals surface area contributed by atoms with Crippen LogP contribution in [0.15, 0.2) is 49.1 Å². The number of imide groups is 1. The van der Waals surface area contributed by atoms with Crippen LogP contribution in [0.5, 0.6) is 0 Å². The predicted molar refractivity (Wildman–Crippen MR) is 101 cm³/mol. The Kier molecular flexibility index (Phi) is 5.50. The van der Waals surface area contributed by atoms with Crippen LogP contribution in [0.4, 0.5) is 0 Å². The molecule has 2 amide bonds. The number of allylic oxidation sites excluding steroid dienone is 1. The van der Waals surface area contributed by atoms with Crippen molar-refractivity contribution in [1.82, 2.24) is 5.32 Å². The fourth-order valence-electron chi connectivity index (χ4n) is 3.26. The van der Waals surface area contributed by atoms with Crippen molar-refractivity contribution in [3.05, 3.63) is 82.4 Å². The highest BCUT2D eigenvalue weighted by Gasteiger charge is 2.29. The molecule has 0 saturated carbocycles. The number of nitrogens with one attached hydrogen (secondary N) is 1. The van der Waals surface area contributed by atoms with Crippen molar-refractivity contribution in [2.75, 3.05) is 0 Å². The molecule has 3 rings (SSSR count). The molecule has 1 heterocycles. The molecular formula is C22H21NO4. The quantitative estimate of drug-likeness (QED) is 0.466. The van der Waals surface area contributed by atoms with Crippen molar-refractivity contribution in [2.24, 2.45) is 0 Å². The highest BCUT2D eigenvalue weighted by atomic mass is 16.5. The summed E-state index contributed by atoms with van der Waals surface area (Å²) >= 11 is 0. The van der Waals surface area contributed by atoms with Gasteiger partial charge < -0.3 is 4.74 Å². The molecule has 5 heteroatoms. The Balaban J connectivity index is 1.67. The number of fused-ring (bicyclic) bond motifs is 1. The second-order valence-electron chi connectivity index (χ2n) is 6.41. The summed E-state index contributed by atoms with van der Waals surface area (Å²) in [5.41, 5.74) is 4.41. The molecule has 0 spiro atoms. The standard InChI is InChI=1S/C22H21NO4/c1-3-6-16-10-9-14(11-15(16)4-2)13-27-19(24)12-17-7-5-8-18-20(17)22(26)23-21(18)25/h3,5,7-11H,1,4,6,12-13H2,2H3,(H,23,25,26). The number of carbonyl (C=O) groups excluding carboxylic acids is 3. The molecule has 0 radical (unpaired) electrons. The number of carbonyl (C=O) groups is 3. The third-order valence-corrected chi connectivity index (χ3v) is 4.60. The summed E-state index contributed by atoms with van der Waals surface area (Å²) in [6, 6.07) is 10.9. The molecule has 0 fully saturated rings. The fourth-order valence-corrected chi connectivity index (χ4v) is 3.26. The second-order valence-corrected chi connectivity index (χ2v) is 6.41. The minimum Gasteiger partial charge on any atom is -0.461 e. The molecule has 0 bridgehead atoms. The van der Waals surface area contributed by atoms with Crippen LogP contribution in [-0.2, 0) is 35.4 Å². The summed E-state index contributed by atoms with van der Waals surface area (Å²) in [4.78, 5) is 35.9. The third kappa shape index (κ3) is 3.97. The number of amides is 2. The van der Waals surface area contributed by atoms with E-state index in [4.69, 9.17) is 4.74 Å². The summed E-state index contributed by atoms with van der Waals surface area (Å²) in [5, 5.41) is 2.24. The van der Waals surface area contributed by atoms with Gasteiger partial charge in [-0.2, -0.15) is 0 Å². The van der Waals surface area contributed by atoms with Crippen LogP contribution in [0.25, 0.3) is 0 Å². The van der Waals surface area contributed by atoms with Crippen LogP contribution in [0.2, 0.25) is 0 Å². The summed E-state index contributed by atoms with van der Waals surface area (Å²) in [5.74, 6) is -1.34. The van der Waals surface area contributed by atoms with Gasteiger partial charge >= 0.3 is 5.97 Å². The molecule has 5 nitrogen and oxygen atoms in total. The molecule has 0 unspecified atom stereocenters. The van der Waals surface area contributed by atoms with Gasteiger partial charge in [-0.15, -0.1) is 6.58 Å². The van der Waals surface area contributed by atoms with E-state index >= 15 is 0 Å². The lowest BCUT2D eigenvalue weighted by Crippen LogP contribution is -2.20.